The lowest BCUT2D eigenvalue weighted by Crippen LogP contribution is -2.34. The Morgan fingerprint density at radius 1 is 0.886 bits per heavy atom. The SMILES string of the molecule is Cc1ccc(-c2c(C3C4C=CCCC4(C)C(=O)N3Cc3ccccc3)ccc3ccccc23)cc1. The van der Waals surface area contributed by atoms with Crippen molar-refractivity contribution in [2.75, 3.05) is 0 Å². The summed E-state index contributed by atoms with van der Waals surface area (Å²) in [6, 6.07) is 32.4. The molecule has 3 atom stereocenters. The van der Waals surface area contributed by atoms with Crippen molar-refractivity contribution >= 4 is 16.7 Å². The zero-order valence-corrected chi connectivity index (χ0v) is 20.4. The van der Waals surface area contributed by atoms with Gasteiger partial charge in [0.25, 0.3) is 0 Å². The minimum absolute atomic E-state index is 0.00911. The van der Waals surface area contributed by atoms with Gasteiger partial charge in [0.05, 0.1) is 11.5 Å². The van der Waals surface area contributed by atoms with Gasteiger partial charge in [0.2, 0.25) is 5.91 Å². The van der Waals surface area contributed by atoms with Crippen molar-refractivity contribution in [3.63, 3.8) is 0 Å². The second-order valence-electron chi connectivity index (χ2n) is 10.4. The molecular weight excluding hydrogens is 426 g/mol. The highest BCUT2D eigenvalue weighted by Gasteiger charge is 2.56. The van der Waals surface area contributed by atoms with Crippen molar-refractivity contribution in [3.05, 3.63) is 120 Å². The van der Waals surface area contributed by atoms with Crippen molar-refractivity contribution in [3.8, 4) is 11.1 Å². The predicted molar refractivity (Wildman–Crippen MR) is 144 cm³/mol. The molecule has 0 spiro atoms. The van der Waals surface area contributed by atoms with Gasteiger partial charge in [-0.3, -0.25) is 4.79 Å². The van der Waals surface area contributed by atoms with Gasteiger partial charge in [0.15, 0.2) is 0 Å². The van der Waals surface area contributed by atoms with Crippen LogP contribution in [0.4, 0.5) is 0 Å². The highest BCUT2D eigenvalue weighted by atomic mass is 16.2. The van der Waals surface area contributed by atoms with E-state index in [1.807, 2.05) is 6.07 Å². The monoisotopic (exact) mass is 457 g/mol. The minimum Gasteiger partial charge on any atom is -0.330 e. The number of benzene rings is 4. The highest BCUT2D eigenvalue weighted by Crippen LogP contribution is 2.56. The maximum atomic E-state index is 14.1. The Bertz CT molecular complexity index is 1420. The third-order valence-electron chi connectivity index (χ3n) is 8.15. The van der Waals surface area contributed by atoms with Crippen molar-refractivity contribution in [2.24, 2.45) is 11.3 Å². The van der Waals surface area contributed by atoms with Crippen LogP contribution in [-0.4, -0.2) is 10.8 Å². The highest BCUT2D eigenvalue weighted by molar-refractivity contribution is 5.99. The molecule has 0 saturated carbocycles. The molecular formula is C33H31NO. The maximum Gasteiger partial charge on any atom is 0.230 e. The number of amides is 1. The molecule has 1 fully saturated rings. The van der Waals surface area contributed by atoms with Gasteiger partial charge in [0, 0.05) is 12.5 Å². The molecule has 1 aliphatic heterocycles. The molecule has 0 aromatic heterocycles. The molecule has 4 aromatic rings. The van der Waals surface area contributed by atoms with Crippen LogP contribution >= 0.6 is 0 Å². The largest absolute Gasteiger partial charge is 0.330 e. The first-order chi connectivity index (χ1) is 17.1. The number of carbonyl (C=O) groups is 1. The molecule has 1 amide bonds. The zero-order chi connectivity index (χ0) is 24.0. The summed E-state index contributed by atoms with van der Waals surface area (Å²) >= 11 is 0. The summed E-state index contributed by atoms with van der Waals surface area (Å²) in [5.74, 6) is 0.432. The Morgan fingerprint density at radius 2 is 1.63 bits per heavy atom. The molecule has 2 nitrogen and oxygen atoms in total. The van der Waals surface area contributed by atoms with Crippen LogP contribution in [-0.2, 0) is 11.3 Å². The van der Waals surface area contributed by atoms with E-state index in [-0.39, 0.29) is 23.3 Å². The quantitative estimate of drug-likeness (QED) is 0.286. The van der Waals surface area contributed by atoms with Crippen LogP contribution in [0, 0.1) is 18.3 Å². The Labute approximate surface area is 207 Å². The van der Waals surface area contributed by atoms with Gasteiger partial charge in [0.1, 0.15) is 0 Å². The average molecular weight is 458 g/mol. The van der Waals surface area contributed by atoms with Gasteiger partial charge < -0.3 is 4.90 Å². The molecule has 35 heavy (non-hydrogen) atoms. The molecule has 2 aliphatic rings. The van der Waals surface area contributed by atoms with Crippen LogP contribution in [0.25, 0.3) is 21.9 Å². The van der Waals surface area contributed by atoms with E-state index in [0.717, 1.165) is 12.8 Å². The average Bonchev–Trinajstić information content (AvgIpc) is 3.11. The number of allylic oxidation sites excluding steroid dienone is 1. The summed E-state index contributed by atoms with van der Waals surface area (Å²) in [5, 5.41) is 2.47. The van der Waals surface area contributed by atoms with Crippen LogP contribution in [0.3, 0.4) is 0 Å². The van der Waals surface area contributed by atoms with Crippen molar-refractivity contribution in [1.29, 1.82) is 0 Å². The van der Waals surface area contributed by atoms with E-state index in [9.17, 15) is 4.79 Å². The lowest BCUT2D eigenvalue weighted by molar-refractivity contribution is -0.137. The number of hydrogen-bond acceptors (Lipinski definition) is 1. The fraction of sp³-hybridized carbons (Fsp3) is 0.242. The Morgan fingerprint density at radius 3 is 2.43 bits per heavy atom. The van der Waals surface area contributed by atoms with Crippen molar-refractivity contribution < 1.29 is 4.79 Å². The number of nitrogens with zero attached hydrogens (tertiary/aromatic N) is 1. The summed E-state index contributed by atoms with van der Waals surface area (Å²) in [6.07, 6.45) is 6.48. The minimum atomic E-state index is -0.371. The third-order valence-corrected chi connectivity index (χ3v) is 8.15. The number of aryl methyl sites for hydroxylation is 1. The van der Waals surface area contributed by atoms with Gasteiger partial charge in [-0.25, -0.2) is 0 Å². The van der Waals surface area contributed by atoms with Gasteiger partial charge in [-0.05, 0) is 52.8 Å². The van der Waals surface area contributed by atoms with E-state index >= 15 is 0 Å². The summed E-state index contributed by atoms with van der Waals surface area (Å²) in [6.45, 7) is 4.95. The number of hydrogen-bond donors (Lipinski definition) is 0. The normalized spacial score (nSPS) is 23.6. The molecule has 4 aromatic carbocycles. The lowest BCUT2D eigenvalue weighted by atomic mass is 9.69. The molecule has 1 saturated heterocycles. The molecule has 3 unspecified atom stereocenters. The fourth-order valence-corrected chi connectivity index (χ4v) is 6.25. The van der Waals surface area contributed by atoms with Crippen LogP contribution in [0.15, 0.2) is 103 Å². The first-order valence-electron chi connectivity index (χ1n) is 12.7. The van der Waals surface area contributed by atoms with E-state index in [1.165, 1.54) is 38.6 Å². The summed E-state index contributed by atoms with van der Waals surface area (Å²) < 4.78 is 0. The molecule has 0 bridgehead atoms. The first-order valence-corrected chi connectivity index (χ1v) is 12.7. The summed E-state index contributed by atoms with van der Waals surface area (Å²) in [5.41, 5.74) is 5.77. The van der Waals surface area contributed by atoms with E-state index in [1.54, 1.807) is 0 Å². The first kappa shape index (κ1) is 21.9. The van der Waals surface area contributed by atoms with Gasteiger partial charge in [-0.15, -0.1) is 0 Å². The Balaban J connectivity index is 1.59. The van der Waals surface area contributed by atoms with Crippen molar-refractivity contribution in [2.45, 2.75) is 39.3 Å². The van der Waals surface area contributed by atoms with Crippen LogP contribution in [0.5, 0.6) is 0 Å². The predicted octanol–water partition coefficient (Wildman–Crippen LogP) is 7.87. The second-order valence-corrected chi connectivity index (χ2v) is 10.4. The van der Waals surface area contributed by atoms with E-state index in [0.29, 0.717) is 6.54 Å². The van der Waals surface area contributed by atoms with Crippen LogP contribution in [0.2, 0.25) is 0 Å². The Kier molecular flexibility index (Phi) is 5.33. The smallest absolute Gasteiger partial charge is 0.230 e. The Hall–Kier alpha value is -3.65. The fourth-order valence-electron chi connectivity index (χ4n) is 6.25. The number of fused-ring (bicyclic) bond motifs is 2. The summed E-state index contributed by atoms with van der Waals surface area (Å²) in [7, 11) is 0. The van der Waals surface area contributed by atoms with Gasteiger partial charge in [-0.1, -0.05) is 116 Å². The number of likely N-dealkylation sites (tertiary alicyclic amines) is 1. The maximum absolute atomic E-state index is 14.1. The number of rotatable bonds is 4. The lowest BCUT2D eigenvalue weighted by Gasteiger charge is -2.33. The molecule has 0 radical (unpaired) electrons. The van der Waals surface area contributed by atoms with Gasteiger partial charge >= 0.3 is 0 Å². The summed E-state index contributed by atoms with van der Waals surface area (Å²) in [4.78, 5) is 16.3. The van der Waals surface area contributed by atoms with Crippen molar-refractivity contribution in [1.82, 2.24) is 4.90 Å². The molecule has 1 aliphatic carbocycles. The molecule has 174 valence electrons. The van der Waals surface area contributed by atoms with E-state index < -0.39 is 0 Å². The van der Waals surface area contributed by atoms with Crippen LogP contribution in [0.1, 0.15) is 42.5 Å². The van der Waals surface area contributed by atoms with E-state index in [2.05, 4.69) is 116 Å². The molecule has 6 rings (SSSR count). The van der Waals surface area contributed by atoms with Gasteiger partial charge in [-0.2, -0.15) is 0 Å². The zero-order valence-electron chi connectivity index (χ0n) is 20.4. The molecule has 1 heterocycles. The van der Waals surface area contributed by atoms with E-state index in [4.69, 9.17) is 0 Å². The number of carbonyl (C=O) groups excluding carboxylic acids is 1. The third kappa shape index (κ3) is 3.60. The topological polar surface area (TPSA) is 20.3 Å². The van der Waals surface area contributed by atoms with Crippen LogP contribution < -0.4 is 0 Å². The second kappa shape index (κ2) is 8.53. The molecule has 2 heteroatoms. The standard InChI is InChI=1S/C33H31NO/c1-23-15-17-26(18-16-23)30-27-13-7-6-12-25(27)19-20-28(30)31-29-14-8-9-21-33(29,2)32(35)34(31)22-24-10-4-3-5-11-24/h3-8,10-20,29,31H,9,21-22H2,1-2H3. The molecule has 0 N–H and O–H groups in total.